The van der Waals surface area contributed by atoms with Crippen LogP contribution in [0.2, 0.25) is 0 Å². The highest BCUT2D eigenvalue weighted by Gasteiger charge is 2.47. The summed E-state index contributed by atoms with van der Waals surface area (Å²) in [4.78, 5) is 37.9. The molecule has 4 bridgehead atoms. The second-order valence-corrected chi connectivity index (χ2v) is 11.9. The van der Waals surface area contributed by atoms with Crippen LogP contribution in [0, 0.1) is 11.8 Å². The fourth-order valence-electron chi connectivity index (χ4n) is 8.34. The molecule has 1 unspecified atom stereocenters. The van der Waals surface area contributed by atoms with E-state index in [-0.39, 0.29) is 23.2 Å². The minimum absolute atomic E-state index is 0.0937. The first-order valence-electron chi connectivity index (χ1n) is 14.2. The van der Waals surface area contributed by atoms with Crippen molar-refractivity contribution in [1.82, 2.24) is 24.0 Å². The molecule has 7 rings (SSSR count). The summed E-state index contributed by atoms with van der Waals surface area (Å²) in [6.45, 7) is 0. The molecule has 6 atom stereocenters. The van der Waals surface area contributed by atoms with Gasteiger partial charge in [-0.05, 0) is 75.0 Å². The van der Waals surface area contributed by atoms with E-state index in [1.807, 2.05) is 28.8 Å². The highest BCUT2D eigenvalue weighted by molar-refractivity contribution is 5.75. The molecule has 0 spiro atoms. The molecule has 4 heterocycles. The van der Waals surface area contributed by atoms with Gasteiger partial charge < -0.3 is 10.3 Å². The number of hydrogen-bond acceptors (Lipinski definition) is 6. The molecule has 8 nitrogen and oxygen atoms in total. The van der Waals surface area contributed by atoms with Gasteiger partial charge in [-0.15, -0.1) is 0 Å². The average Bonchev–Trinajstić information content (AvgIpc) is 3.04. The van der Waals surface area contributed by atoms with Crippen LogP contribution in [-0.4, -0.2) is 42.1 Å². The van der Waals surface area contributed by atoms with Gasteiger partial charge in [0.05, 0.1) is 11.0 Å². The Morgan fingerprint density at radius 3 is 2.16 bits per heavy atom. The molecule has 4 aliphatic rings. The number of rotatable bonds is 3. The van der Waals surface area contributed by atoms with Gasteiger partial charge >= 0.3 is 5.69 Å². The number of para-hydroxylation sites is 2. The van der Waals surface area contributed by atoms with Gasteiger partial charge in [0.2, 0.25) is 5.82 Å². The molecular formula is C29H36N6O2. The van der Waals surface area contributed by atoms with E-state index in [2.05, 4.69) is 14.9 Å². The lowest BCUT2D eigenvalue weighted by atomic mass is 9.76. The molecule has 2 saturated heterocycles. The molecule has 2 saturated carbocycles. The van der Waals surface area contributed by atoms with E-state index in [9.17, 15) is 9.59 Å². The lowest BCUT2D eigenvalue weighted by Gasteiger charge is -2.48. The Bertz CT molecular complexity index is 1420. The summed E-state index contributed by atoms with van der Waals surface area (Å²) in [6.07, 6.45) is 15.7. The van der Waals surface area contributed by atoms with Gasteiger partial charge in [-0.2, -0.15) is 4.98 Å². The Hall–Kier alpha value is -3.00. The zero-order chi connectivity index (χ0) is 25.1. The van der Waals surface area contributed by atoms with Gasteiger partial charge in [-0.3, -0.25) is 9.69 Å². The molecule has 0 amide bonds. The summed E-state index contributed by atoms with van der Waals surface area (Å²) in [7, 11) is 0. The van der Waals surface area contributed by atoms with Crippen LogP contribution in [0.3, 0.4) is 0 Å². The summed E-state index contributed by atoms with van der Waals surface area (Å²) >= 11 is 0. The Labute approximate surface area is 216 Å². The fourth-order valence-corrected chi connectivity index (χ4v) is 8.34. The predicted molar refractivity (Wildman–Crippen MR) is 144 cm³/mol. The van der Waals surface area contributed by atoms with Crippen molar-refractivity contribution in [1.29, 1.82) is 0 Å². The summed E-state index contributed by atoms with van der Waals surface area (Å²) < 4.78 is 3.17. The minimum atomic E-state index is -0.583. The quantitative estimate of drug-likeness (QED) is 0.583. The van der Waals surface area contributed by atoms with E-state index in [4.69, 9.17) is 5.73 Å². The molecule has 3 aromatic rings. The first-order chi connectivity index (χ1) is 18.0. The molecule has 2 aromatic heterocycles. The van der Waals surface area contributed by atoms with Crippen LogP contribution >= 0.6 is 0 Å². The van der Waals surface area contributed by atoms with Crippen molar-refractivity contribution in [3.8, 4) is 5.82 Å². The SMILES string of the molecule is Nc1ccn(-c2nc3ccccc3n([C@@H]3C[C@H]4CC[C@@H](C3)N4C3C[C@H]4CCCC[C@@H](C3)C4)c2=O)c(=O)n1. The zero-order valence-corrected chi connectivity index (χ0v) is 21.3. The monoisotopic (exact) mass is 500 g/mol. The predicted octanol–water partition coefficient (Wildman–Crippen LogP) is 4.05. The van der Waals surface area contributed by atoms with E-state index in [1.165, 1.54) is 74.6 Å². The maximum atomic E-state index is 14.0. The Morgan fingerprint density at radius 2 is 1.46 bits per heavy atom. The normalized spacial score (nSPS) is 31.9. The first-order valence-corrected chi connectivity index (χ1v) is 14.2. The van der Waals surface area contributed by atoms with Crippen molar-refractivity contribution >= 4 is 16.9 Å². The maximum Gasteiger partial charge on any atom is 0.355 e. The summed E-state index contributed by atoms with van der Waals surface area (Å²) in [5, 5.41) is 0. The topological polar surface area (TPSA) is 99.0 Å². The zero-order valence-electron chi connectivity index (χ0n) is 21.3. The third kappa shape index (κ3) is 4.00. The van der Waals surface area contributed by atoms with Crippen molar-refractivity contribution in [2.24, 2.45) is 11.8 Å². The van der Waals surface area contributed by atoms with E-state index in [0.717, 1.165) is 30.2 Å². The fraction of sp³-hybridized carbons (Fsp3) is 0.586. The van der Waals surface area contributed by atoms with E-state index in [1.54, 1.807) is 0 Å². The summed E-state index contributed by atoms with van der Waals surface area (Å²) in [5.74, 6) is 2.05. The molecule has 0 radical (unpaired) electrons. The van der Waals surface area contributed by atoms with E-state index in [0.29, 0.717) is 23.6 Å². The van der Waals surface area contributed by atoms with Gasteiger partial charge in [0.1, 0.15) is 5.82 Å². The molecular weight excluding hydrogens is 464 g/mol. The molecule has 2 N–H and O–H groups in total. The Balaban J connectivity index is 1.25. The number of anilines is 1. The van der Waals surface area contributed by atoms with Gasteiger partial charge in [-0.1, -0.05) is 37.8 Å². The van der Waals surface area contributed by atoms with Crippen molar-refractivity contribution < 1.29 is 0 Å². The second kappa shape index (κ2) is 9.08. The third-order valence-electron chi connectivity index (χ3n) is 9.73. The Morgan fingerprint density at radius 1 is 0.757 bits per heavy atom. The second-order valence-electron chi connectivity index (χ2n) is 11.9. The first kappa shape index (κ1) is 23.1. The van der Waals surface area contributed by atoms with Crippen LogP contribution < -0.4 is 17.0 Å². The highest BCUT2D eigenvalue weighted by Crippen LogP contribution is 2.47. The van der Waals surface area contributed by atoms with Crippen LogP contribution in [0.25, 0.3) is 16.9 Å². The Kier molecular flexibility index (Phi) is 5.68. The summed E-state index contributed by atoms with van der Waals surface area (Å²) in [6, 6.07) is 11.2. The number of nitrogens with zero attached hydrogens (tertiary/aromatic N) is 5. The van der Waals surface area contributed by atoms with Gasteiger partial charge in [0, 0.05) is 30.4 Å². The van der Waals surface area contributed by atoms with Crippen molar-refractivity contribution in [3.05, 3.63) is 57.4 Å². The lowest BCUT2D eigenvalue weighted by Crippen LogP contribution is -2.52. The van der Waals surface area contributed by atoms with Crippen molar-refractivity contribution in [3.63, 3.8) is 0 Å². The maximum absolute atomic E-state index is 14.0. The summed E-state index contributed by atoms with van der Waals surface area (Å²) in [5.41, 5.74) is 6.44. The van der Waals surface area contributed by atoms with Crippen LogP contribution in [0.15, 0.2) is 46.1 Å². The smallest absolute Gasteiger partial charge is 0.355 e. The molecule has 4 fully saturated rings. The lowest BCUT2D eigenvalue weighted by molar-refractivity contribution is 0.0204. The van der Waals surface area contributed by atoms with Crippen LogP contribution in [0.4, 0.5) is 5.82 Å². The van der Waals surface area contributed by atoms with E-state index < -0.39 is 5.69 Å². The van der Waals surface area contributed by atoms with Crippen molar-refractivity contribution in [2.45, 2.75) is 94.8 Å². The van der Waals surface area contributed by atoms with Crippen LogP contribution in [0.1, 0.15) is 76.7 Å². The number of benzene rings is 1. The molecule has 2 aliphatic carbocycles. The number of nitrogen functional groups attached to an aromatic ring is 1. The molecule has 194 valence electrons. The number of aromatic nitrogens is 4. The van der Waals surface area contributed by atoms with Gasteiger partial charge in [0.15, 0.2) is 0 Å². The average molecular weight is 501 g/mol. The van der Waals surface area contributed by atoms with Gasteiger partial charge in [-0.25, -0.2) is 14.3 Å². The van der Waals surface area contributed by atoms with Crippen molar-refractivity contribution in [2.75, 3.05) is 5.73 Å². The standard InChI is InChI=1S/C29H36N6O2/c30-26-11-12-33(29(37)32-26)27-28(36)35(25-8-4-3-7-24(25)31-27)23-16-20-9-10-21(17-23)34(20)22-14-18-5-1-2-6-19(13-18)15-22/h3-4,7-8,11-12,18-23H,1-2,5-6,9-10,13-17H2,(H2,30,32,37)/t18-,19+,20-,21+,22?,23-. The van der Waals surface area contributed by atoms with Crippen LogP contribution in [-0.2, 0) is 0 Å². The van der Waals surface area contributed by atoms with Gasteiger partial charge in [0.25, 0.3) is 5.56 Å². The number of hydrogen-bond donors (Lipinski definition) is 1. The molecule has 37 heavy (non-hydrogen) atoms. The number of piperidine rings is 1. The molecule has 2 aliphatic heterocycles. The largest absolute Gasteiger partial charge is 0.383 e. The minimum Gasteiger partial charge on any atom is -0.383 e. The number of nitrogens with two attached hydrogens (primary N) is 1. The molecule has 8 heteroatoms. The molecule has 1 aromatic carbocycles. The van der Waals surface area contributed by atoms with Crippen LogP contribution in [0.5, 0.6) is 0 Å². The highest BCUT2D eigenvalue weighted by atomic mass is 16.2. The number of fused-ring (bicyclic) bond motifs is 5. The third-order valence-corrected chi connectivity index (χ3v) is 9.73. The van der Waals surface area contributed by atoms with E-state index >= 15 is 0 Å².